The van der Waals surface area contributed by atoms with E-state index in [1.807, 2.05) is 20.8 Å². The Morgan fingerprint density at radius 3 is 2.28 bits per heavy atom. The molecule has 0 aliphatic rings. The maximum Gasteiger partial charge on any atom is 0.328 e. The van der Waals surface area contributed by atoms with E-state index in [-0.39, 0.29) is 18.3 Å². The van der Waals surface area contributed by atoms with Crippen LogP contribution < -0.4 is 0 Å². The number of ether oxygens (including phenoxy) is 2. The standard InChI is InChI=1S/C20H31NO4/c1-7-25-20(23)17(5)21(9-8-10-24-6)19(22)13-18-15(3)11-14(2)12-16(18)4/h11-12,17H,7-10,13H2,1-6H3/t17-/m0/s1. The summed E-state index contributed by atoms with van der Waals surface area (Å²) in [6.45, 7) is 10.9. The molecule has 5 nitrogen and oxygen atoms in total. The predicted octanol–water partition coefficient (Wildman–Crippen LogP) is 2.97. The summed E-state index contributed by atoms with van der Waals surface area (Å²) in [5.41, 5.74) is 4.42. The molecule has 1 amide bonds. The molecule has 0 saturated heterocycles. The number of esters is 1. The zero-order valence-corrected chi connectivity index (χ0v) is 16.3. The number of rotatable bonds is 9. The maximum atomic E-state index is 12.9. The van der Waals surface area contributed by atoms with E-state index in [1.165, 1.54) is 5.56 Å². The van der Waals surface area contributed by atoms with Crippen molar-refractivity contribution in [3.8, 4) is 0 Å². The zero-order valence-electron chi connectivity index (χ0n) is 16.3. The quantitative estimate of drug-likeness (QED) is 0.508. The van der Waals surface area contributed by atoms with Crippen LogP contribution in [0.4, 0.5) is 0 Å². The van der Waals surface area contributed by atoms with E-state index in [1.54, 1.807) is 25.9 Å². The first-order valence-corrected chi connectivity index (χ1v) is 8.83. The molecule has 0 unspecified atom stereocenters. The zero-order chi connectivity index (χ0) is 19.0. The van der Waals surface area contributed by atoms with Gasteiger partial charge in [-0.1, -0.05) is 17.7 Å². The van der Waals surface area contributed by atoms with Crippen LogP contribution in [0.3, 0.4) is 0 Å². The summed E-state index contributed by atoms with van der Waals surface area (Å²) in [6, 6.07) is 3.56. The smallest absolute Gasteiger partial charge is 0.328 e. The summed E-state index contributed by atoms with van der Waals surface area (Å²) < 4.78 is 10.2. The van der Waals surface area contributed by atoms with Crippen molar-refractivity contribution in [3.63, 3.8) is 0 Å². The van der Waals surface area contributed by atoms with Crippen molar-refractivity contribution in [3.05, 3.63) is 34.4 Å². The molecule has 1 aromatic carbocycles. The Bertz CT molecular complexity index is 574. The van der Waals surface area contributed by atoms with Crippen LogP contribution in [0.25, 0.3) is 0 Å². The summed E-state index contributed by atoms with van der Waals surface area (Å²) in [5, 5.41) is 0. The SMILES string of the molecule is CCOC(=O)[C@H](C)N(CCCOC)C(=O)Cc1c(C)cc(C)cc1C. The third-order valence-electron chi connectivity index (χ3n) is 4.33. The number of aryl methyl sites for hydroxylation is 3. The molecule has 0 saturated carbocycles. The molecule has 1 aromatic rings. The molecule has 140 valence electrons. The third-order valence-corrected chi connectivity index (χ3v) is 4.33. The number of amides is 1. The molecule has 1 rings (SSSR count). The fourth-order valence-electron chi connectivity index (χ4n) is 3.05. The van der Waals surface area contributed by atoms with Gasteiger partial charge in [0.2, 0.25) is 5.91 Å². The Kier molecular flexibility index (Phi) is 8.62. The predicted molar refractivity (Wildman–Crippen MR) is 98.7 cm³/mol. The normalized spacial score (nSPS) is 11.9. The van der Waals surface area contributed by atoms with Gasteiger partial charge in [0.15, 0.2) is 0 Å². The van der Waals surface area contributed by atoms with Crippen molar-refractivity contribution < 1.29 is 19.1 Å². The van der Waals surface area contributed by atoms with E-state index < -0.39 is 6.04 Å². The lowest BCUT2D eigenvalue weighted by molar-refractivity contribution is -0.154. The topological polar surface area (TPSA) is 55.8 Å². The second kappa shape index (κ2) is 10.2. The van der Waals surface area contributed by atoms with E-state index in [0.29, 0.717) is 26.2 Å². The summed E-state index contributed by atoms with van der Waals surface area (Å²) in [5.74, 6) is -0.433. The highest BCUT2D eigenvalue weighted by Gasteiger charge is 2.27. The van der Waals surface area contributed by atoms with Gasteiger partial charge >= 0.3 is 5.97 Å². The molecule has 0 spiro atoms. The van der Waals surface area contributed by atoms with Crippen molar-refractivity contribution >= 4 is 11.9 Å². The van der Waals surface area contributed by atoms with Gasteiger partial charge in [0, 0.05) is 20.3 Å². The molecule has 0 aromatic heterocycles. The Labute approximate surface area is 151 Å². The monoisotopic (exact) mass is 349 g/mol. The van der Waals surface area contributed by atoms with Crippen molar-refractivity contribution in [2.75, 3.05) is 26.9 Å². The van der Waals surface area contributed by atoms with Crippen LogP contribution in [0, 0.1) is 20.8 Å². The number of methoxy groups -OCH3 is 1. The van der Waals surface area contributed by atoms with Gasteiger partial charge in [-0.2, -0.15) is 0 Å². The van der Waals surface area contributed by atoms with Crippen molar-refractivity contribution in [2.45, 2.75) is 53.5 Å². The number of nitrogens with zero attached hydrogens (tertiary/aromatic N) is 1. The molecule has 25 heavy (non-hydrogen) atoms. The fourth-order valence-corrected chi connectivity index (χ4v) is 3.05. The van der Waals surface area contributed by atoms with E-state index in [0.717, 1.165) is 16.7 Å². The van der Waals surface area contributed by atoms with Crippen LogP contribution in [0.2, 0.25) is 0 Å². The van der Waals surface area contributed by atoms with Crippen LogP contribution in [-0.2, 0) is 25.5 Å². The number of carbonyl (C=O) groups is 2. The first kappa shape index (κ1) is 21.2. The van der Waals surface area contributed by atoms with Gasteiger partial charge in [0.1, 0.15) is 6.04 Å². The van der Waals surface area contributed by atoms with Crippen LogP contribution in [0.1, 0.15) is 42.5 Å². The molecule has 0 N–H and O–H groups in total. The Balaban J connectivity index is 2.97. The van der Waals surface area contributed by atoms with Crippen LogP contribution in [0.5, 0.6) is 0 Å². The fraction of sp³-hybridized carbons (Fsp3) is 0.600. The number of carbonyl (C=O) groups excluding carboxylic acids is 2. The molecule has 0 heterocycles. The highest BCUT2D eigenvalue weighted by molar-refractivity contribution is 5.86. The lowest BCUT2D eigenvalue weighted by atomic mass is 9.96. The van der Waals surface area contributed by atoms with Crippen molar-refractivity contribution in [1.82, 2.24) is 4.90 Å². The second-order valence-corrected chi connectivity index (χ2v) is 6.42. The minimum Gasteiger partial charge on any atom is -0.464 e. The number of benzene rings is 1. The number of hydrogen-bond donors (Lipinski definition) is 0. The summed E-state index contributed by atoms with van der Waals surface area (Å²) in [6.07, 6.45) is 0.965. The summed E-state index contributed by atoms with van der Waals surface area (Å²) in [7, 11) is 1.62. The molecule has 1 atom stereocenters. The summed E-state index contributed by atoms with van der Waals surface area (Å²) in [4.78, 5) is 26.6. The first-order valence-electron chi connectivity index (χ1n) is 8.83. The molecule has 0 aliphatic carbocycles. The lowest BCUT2D eigenvalue weighted by Crippen LogP contribution is -2.45. The molecule has 5 heteroatoms. The van der Waals surface area contributed by atoms with Gasteiger partial charge in [-0.15, -0.1) is 0 Å². The van der Waals surface area contributed by atoms with Gasteiger partial charge in [-0.05, 0) is 57.7 Å². The van der Waals surface area contributed by atoms with E-state index in [4.69, 9.17) is 9.47 Å². The largest absolute Gasteiger partial charge is 0.464 e. The minimum atomic E-state index is -0.602. The average Bonchev–Trinajstić information content (AvgIpc) is 2.54. The van der Waals surface area contributed by atoms with Gasteiger partial charge < -0.3 is 14.4 Å². The highest BCUT2D eigenvalue weighted by atomic mass is 16.5. The first-order chi connectivity index (χ1) is 11.8. The molecule has 0 bridgehead atoms. The minimum absolute atomic E-state index is 0.0632. The third kappa shape index (κ3) is 6.16. The van der Waals surface area contributed by atoms with Gasteiger partial charge in [-0.25, -0.2) is 4.79 Å². The molecule has 0 aliphatic heterocycles. The molecular formula is C20H31NO4. The maximum absolute atomic E-state index is 12.9. The van der Waals surface area contributed by atoms with Gasteiger partial charge in [-0.3, -0.25) is 4.79 Å². The molecular weight excluding hydrogens is 318 g/mol. The molecule has 0 fully saturated rings. The van der Waals surface area contributed by atoms with E-state index in [2.05, 4.69) is 12.1 Å². The van der Waals surface area contributed by atoms with Crippen LogP contribution in [-0.4, -0.2) is 49.7 Å². The Morgan fingerprint density at radius 2 is 1.76 bits per heavy atom. The lowest BCUT2D eigenvalue weighted by Gasteiger charge is -2.28. The Hall–Kier alpha value is -1.88. The highest BCUT2D eigenvalue weighted by Crippen LogP contribution is 2.18. The summed E-state index contributed by atoms with van der Waals surface area (Å²) >= 11 is 0. The average molecular weight is 349 g/mol. The van der Waals surface area contributed by atoms with Crippen LogP contribution in [0.15, 0.2) is 12.1 Å². The number of hydrogen-bond acceptors (Lipinski definition) is 4. The van der Waals surface area contributed by atoms with Crippen molar-refractivity contribution in [1.29, 1.82) is 0 Å². The Morgan fingerprint density at radius 1 is 1.16 bits per heavy atom. The van der Waals surface area contributed by atoms with Crippen molar-refractivity contribution in [2.24, 2.45) is 0 Å². The van der Waals surface area contributed by atoms with Crippen LogP contribution >= 0.6 is 0 Å². The van der Waals surface area contributed by atoms with E-state index >= 15 is 0 Å². The van der Waals surface area contributed by atoms with E-state index in [9.17, 15) is 9.59 Å². The molecule has 0 radical (unpaired) electrons. The second-order valence-electron chi connectivity index (χ2n) is 6.42. The van der Waals surface area contributed by atoms with Gasteiger partial charge in [0.05, 0.1) is 13.0 Å². The van der Waals surface area contributed by atoms with Gasteiger partial charge in [0.25, 0.3) is 0 Å².